The molecular weight excluding hydrogens is 797 g/mol. The first-order chi connectivity index (χ1) is 25.5. The number of hydrogen-bond donors (Lipinski definition) is 3. The summed E-state index contributed by atoms with van der Waals surface area (Å²) in [5, 5.41) is 21.7. The van der Waals surface area contributed by atoms with E-state index in [4.69, 9.17) is 43.6 Å². The summed E-state index contributed by atoms with van der Waals surface area (Å²) in [6.45, 7) is 6.86. The molecule has 8 fully saturated rings. The molecule has 8 rings (SSSR count). The molecular formula is C40H62INO11. The third-order valence-electron chi connectivity index (χ3n) is 13.7. The molecule has 0 amide bonds. The van der Waals surface area contributed by atoms with Gasteiger partial charge in [0.1, 0.15) is 30.2 Å². The monoisotopic (exact) mass is 859 g/mol. The molecule has 0 aromatic rings. The summed E-state index contributed by atoms with van der Waals surface area (Å²) < 4.78 is 53.2. The van der Waals surface area contributed by atoms with Crippen LogP contribution in [0.25, 0.3) is 0 Å². The van der Waals surface area contributed by atoms with E-state index in [0.29, 0.717) is 50.9 Å². The fourth-order valence-corrected chi connectivity index (χ4v) is 12.2. The number of Topliss-reactive ketones (excluding diaryl/α,β-unsaturated/α-hetero) is 1. The van der Waals surface area contributed by atoms with E-state index < -0.39 is 24.1 Å². The van der Waals surface area contributed by atoms with Crippen molar-refractivity contribution in [3.63, 3.8) is 0 Å². The fraction of sp³-hybridized carbons (Fsp3) is 0.925. The van der Waals surface area contributed by atoms with Gasteiger partial charge in [0.25, 0.3) is 0 Å². The molecule has 4 N–H and O–H groups in total. The van der Waals surface area contributed by atoms with E-state index >= 15 is 0 Å². The number of ketones is 1. The molecule has 19 atom stereocenters. The predicted octanol–water partition coefficient (Wildman–Crippen LogP) is 4.06. The average molecular weight is 860 g/mol. The van der Waals surface area contributed by atoms with Crippen LogP contribution in [0.4, 0.5) is 0 Å². The Bertz CT molecular complexity index is 1310. The number of hydrogen-bond acceptors (Lipinski definition) is 12. The van der Waals surface area contributed by atoms with Gasteiger partial charge in [0.05, 0.1) is 71.1 Å². The number of alkyl halides is 1. The molecule has 8 heterocycles. The smallest absolute Gasteiger partial charge is 0.172 e. The predicted molar refractivity (Wildman–Crippen MR) is 202 cm³/mol. The Morgan fingerprint density at radius 2 is 1.68 bits per heavy atom. The highest BCUT2D eigenvalue weighted by Gasteiger charge is 2.62. The molecule has 0 aromatic carbocycles. The third kappa shape index (κ3) is 8.35. The van der Waals surface area contributed by atoms with E-state index in [1.54, 1.807) is 7.11 Å². The lowest BCUT2D eigenvalue weighted by molar-refractivity contribution is -0.274. The van der Waals surface area contributed by atoms with Crippen molar-refractivity contribution in [1.82, 2.24) is 0 Å². The maximum atomic E-state index is 13.9. The van der Waals surface area contributed by atoms with E-state index in [2.05, 4.69) is 36.1 Å². The Kier molecular flexibility index (Phi) is 12.3. The van der Waals surface area contributed by atoms with Gasteiger partial charge in [0, 0.05) is 58.1 Å². The molecule has 10 bridgehead atoms. The van der Waals surface area contributed by atoms with Crippen LogP contribution in [-0.4, -0.2) is 131 Å². The van der Waals surface area contributed by atoms with Crippen LogP contribution in [-0.2, 0) is 42.7 Å². The van der Waals surface area contributed by atoms with E-state index in [0.717, 1.165) is 56.9 Å². The van der Waals surface area contributed by atoms with Gasteiger partial charge in [-0.15, -0.1) is 0 Å². The Hall–Kier alpha value is -0.300. The van der Waals surface area contributed by atoms with Crippen molar-refractivity contribution >= 4 is 28.4 Å². The highest BCUT2D eigenvalue weighted by atomic mass is 127. The lowest BCUT2D eigenvalue weighted by atomic mass is 9.83. The first-order valence-electron chi connectivity index (χ1n) is 20.6. The Morgan fingerprint density at radius 1 is 0.887 bits per heavy atom. The standard InChI is InChI=1S/C40H62INO11/c1-20-12-25-7-8-30-21(2)14-26(48-30)10-11-40-18-29(45)36(52-40)38-34(41)39(53-40)37-31(51-38)9-6-24(49-37)5-4-22(43)15-28-32(17-27(13-20)47-25)50-33(35(28)46-3)16-23(44)19-42/h20,23-39,44-45H,2,4-19,42H2,1,3H3/t20-,23+,24+,25+,26+,27+,28+,29+,30+,31+,32+,33-,34?,35-,36+,37+,38-,39-,40+/m1/s1. The molecule has 0 radical (unpaired) electrons. The zero-order valence-electron chi connectivity index (χ0n) is 31.4. The van der Waals surface area contributed by atoms with Crippen molar-refractivity contribution in [3.05, 3.63) is 12.2 Å². The second-order valence-corrected chi connectivity index (χ2v) is 19.1. The summed E-state index contributed by atoms with van der Waals surface area (Å²) >= 11 is 2.41. The summed E-state index contributed by atoms with van der Waals surface area (Å²) in [6.07, 6.45) is 6.44. The number of rotatable bonds is 4. The molecule has 8 aliphatic heterocycles. The van der Waals surface area contributed by atoms with Gasteiger partial charge in [0.15, 0.2) is 5.79 Å². The summed E-state index contributed by atoms with van der Waals surface area (Å²) in [6, 6.07) is 0. The number of aliphatic hydroxyl groups is 2. The normalized spacial score (nSPS) is 51.2. The largest absolute Gasteiger partial charge is 0.392 e. The van der Waals surface area contributed by atoms with E-state index in [1.165, 1.54) is 0 Å². The van der Waals surface area contributed by atoms with Crippen LogP contribution in [0.5, 0.6) is 0 Å². The summed E-state index contributed by atoms with van der Waals surface area (Å²) in [4.78, 5) is 13.9. The Labute approximate surface area is 327 Å². The molecule has 8 aliphatic rings. The van der Waals surface area contributed by atoms with Crippen LogP contribution in [0, 0.1) is 11.8 Å². The quantitative estimate of drug-likeness (QED) is 0.212. The van der Waals surface area contributed by atoms with Gasteiger partial charge in [0.2, 0.25) is 0 Å². The van der Waals surface area contributed by atoms with Gasteiger partial charge < -0.3 is 53.8 Å². The molecule has 0 aliphatic carbocycles. The SMILES string of the molecule is C=C1C[C@@H]2CC[C@]34C[C@H](O)[C@H](O3)[C@@H]3O[C@H]5CC[C@H](CCC(=O)C[C@@H]6[C@@H](OC)[C@@H](C[C@H](O)CN)O[C@H]6C[C@@H]6C[C@H](C)C[C@H](CC[C@@H]1O2)O6)O[C@@H]5[C@H](O4)C3I. The molecule has 1 spiro atoms. The van der Waals surface area contributed by atoms with Crippen LogP contribution in [0.3, 0.4) is 0 Å². The Morgan fingerprint density at radius 3 is 2.49 bits per heavy atom. The molecule has 0 aromatic heterocycles. The van der Waals surface area contributed by atoms with Crippen molar-refractivity contribution in [3.8, 4) is 0 Å². The van der Waals surface area contributed by atoms with Gasteiger partial charge in [-0.05, 0) is 69.3 Å². The highest BCUT2D eigenvalue weighted by Crippen LogP contribution is 2.50. The van der Waals surface area contributed by atoms with Crippen LogP contribution in [0.1, 0.15) is 103 Å². The molecule has 53 heavy (non-hydrogen) atoms. The maximum Gasteiger partial charge on any atom is 0.172 e. The topological polar surface area (TPSA) is 157 Å². The third-order valence-corrected chi connectivity index (χ3v) is 15.1. The van der Waals surface area contributed by atoms with E-state index in [1.807, 2.05) is 0 Å². The molecule has 8 saturated heterocycles. The van der Waals surface area contributed by atoms with E-state index in [9.17, 15) is 15.0 Å². The zero-order chi connectivity index (χ0) is 37.0. The molecule has 0 saturated carbocycles. The number of carbonyl (C=O) groups is 1. The first-order valence-corrected chi connectivity index (χ1v) is 21.8. The number of carbonyl (C=O) groups excluding carboxylic acids is 1. The number of aliphatic hydroxyl groups excluding tert-OH is 2. The average Bonchev–Trinajstić information content (AvgIpc) is 3.75. The number of methoxy groups -OCH3 is 1. The van der Waals surface area contributed by atoms with Crippen molar-refractivity contribution in [2.24, 2.45) is 17.6 Å². The van der Waals surface area contributed by atoms with Gasteiger partial charge in [-0.3, -0.25) is 4.79 Å². The highest BCUT2D eigenvalue weighted by molar-refractivity contribution is 14.1. The van der Waals surface area contributed by atoms with Gasteiger partial charge in [-0.1, -0.05) is 36.1 Å². The maximum absolute atomic E-state index is 13.9. The summed E-state index contributed by atoms with van der Waals surface area (Å²) in [7, 11) is 1.67. The minimum absolute atomic E-state index is 0.00000319. The second-order valence-electron chi connectivity index (χ2n) is 17.6. The fourth-order valence-electron chi connectivity index (χ4n) is 11.1. The first kappa shape index (κ1) is 39.5. The van der Waals surface area contributed by atoms with Crippen LogP contribution >= 0.6 is 22.6 Å². The Balaban J connectivity index is 1.04. The molecule has 300 valence electrons. The number of nitrogens with two attached hydrogens (primary N) is 1. The zero-order valence-corrected chi connectivity index (χ0v) is 33.6. The number of fused-ring (bicyclic) bond motifs is 9. The number of halogens is 1. The molecule has 1 unspecified atom stereocenters. The van der Waals surface area contributed by atoms with Crippen molar-refractivity contribution < 1.29 is 52.9 Å². The minimum atomic E-state index is -0.938. The second kappa shape index (κ2) is 16.5. The van der Waals surface area contributed by atoms with Crippen molar-refractivity contribution in [2.45, 2.75) is 205 Å². The lowest BCUT2D eigenvalue weighted by Crippen LogP contribution is -2.63. The van der Waals surface area contributed by atoms with Crippen molar-refractivity contribution in [1.29, 1.82) is 0 Å². The van der Waals surface area contributed by atoms with Gasteiger partial charge in [-0.2, -0.15) is 0 Å². The van der Waals surface area contributed by atoms with Crippen LogP contribution in [0.15, 0.2) is 12.2 Å². The van der Waals surface area contributed by atoms with Crippen LogP contribution < -0.4 is 5.73 Å². The van der Waals surface area contributed by atoms with Crippen LogP contribution in [0.2, 0.25) is 0 Å². The molecule has 13 heteroatoms. The van der Waals surface area contributed by atoms with Gasteiger partial charge in [-0.25, -0.2) is 0 Å². The molecule has 12 nitrogen and oxygen atoms in total. The minimum Gasteiger partial charge on any atom is -0.392 e. The van der Waals surface area contributed by atoms with E-state index in [-0.39, 0.29) is 95.4 Å². The summed E-state index contributed by atoms with van der Waals surface area (Å²) in [5.74, 6) is -0.435. The summed E-state index contributed by atoms with van der Waals surface area (Å²) in [5.41, 5.74) is 6.93. The van der Waals surface area contributed by atoms with Gasteiger partial charge >= 0.3 is 0 Å². The lowest BCUT2D eigenvalue weighted by Gasteiger charge is -2.49. The van der Waals surface area contributed by atoms with Crippen molar-refractivity contribution in [2.75, 3.05) is 13.7 Å². The number of ether oxygens (including phenoxy) is 8.